The number of ketones is 1. The molecule has 0 radical (unpaired) electrons. The number of pyridine rings is 1. The lowest BCUT2D eigenvalue weighted by molar-refractivity contribution is -0.0884. The average molecular weight is 425 g/mol. The van der Waals surface area contributed by atoms with Crippen LogP contribution in [0.4, 0.5) is 13.2 Å². The fourth-order valence-corrected chi connectivity index (χ4v) is 2.84. The van der Waals surface area contributed by atoms with Crippen molar-refractivity contribution in [2.45, 2.75) is 6.18 Å². The third-order valence-electron chi connectivity index (χ3n) is 3.69. The Labute approximate surface area is 154 Å². The minimum Gasteiger partial charge on any atom is -0.495 e. The van der Waals surface area contributed by atoms with Crippen LogP contribution >= 0.6 is 15.9 Å². The summed E-state index contributed by atoms with van der Waals surface area (Å²) in [4.78, 5) is 18.9. The molecular formula is C18H12BrF3N2O2. The van der Waals surface area contributed by atoms with Crippen LogP contribution in [-0.2, 0) is 0 Å². The summed E-state index contributed by atoms with van der Waals surface area (Å²) in [6.45, 7) is 0. The number of fused-ring (bicyclic) bond motifs is 1. The maximum absolute atomic E-state index is 13.0. The third kappa shape index (κ3) is 3.65. The second-order valence-electron chi connectivity index (χ2n) is 5.39. The summed E-state index contributed by atoms with van der Waals surface area (Å²) >= 11 is 3.27. The largest absolute Gasteiger partial charge is 0.495 e. The average Bonchev–Trinajstić information content (AvgIpc) is 2.96. The van der Waals surface area contributed by atoms with Crippen LogP contribution in [0.1, 0.15) is 21.7 Å². The molecule has 0 amide bonds. The molecule has 0 saturated carbocycles. The van der Waals surface area contributed by atoms with Crippen molar-refractivity contribution in [3.05, 3.63) is 58.0 Å². The molecule has 0 fully saturated rings. The van der Waals surface area contributed by atoms with Crippen molar-refractivity contribution >= 4 is 44.8 Å². The molecule has 0 atom stereocenters. The van der Waals surface area contributed by atoms with Gasteiger partial charge in [0.1, 0.15) is 5.75 Å². The number of Topliss-reactive ketones (excluding diaryl/α,β-unsaturated/α-hetero) is 1. The summed E-state index contributed by atoms with van der Waals surface area (Å²) in [5.41, 5.74) is 0.591. The number of nitrogens with one attached hydrogen (secondary N) is 1. The highest BCUT2D eigenvalue weighted by Gasteiger charge is 2.41. The van der Waals surface area contributed by atoms with Crippen LogP contribution < -0.4 is 4.74 Å². The first-order valence-electron chi connectivity index (χ1n) is 7.40. The molecule has 0 spiro atoms. The van der Waals surface area contributed by atoms with Crippen LogP contribution in [0.25, 0.3) is 23.1 Å². The molecule has 134 valence electrons. The first kappa shape index (κ1) is 18.2. The summed E-state index contributed by atoms with van der Waals surface area (Å²) in [5.74, 6) is -1.33. The van der Waals surface area contributed by atoms with E-state index in [1.54, 1.807) is 24.3 Å². The monoisotopic (exact) mass is 424 g/mol. The van der Waals surface area contributed by atoms with Crippen molar-refractivity contribution in [3.63, 3.8) is 0 Å². The third-order valence-corrected chi connectivity index (χ3v) is 4.18. The molecule has 26 heavy (non-hydrogen) atoms. The van der Waals surface area contributed by atoms with Gasteiger partial charge >= 0.3 is 6.18 Å². The molecule has 3 aromatic rings. The molecule has 0 saturated heterocycles. The fraction of sp³-hybridized carbons (Fsp3) is 0.111. The summed E-state index contributed by atoms with van der Waals surface area (Å²) in [5, 5.41) is 0.206. The van der Waals surface area contributed by atoms with Crippen molar-refractivity contribution < 1.29 is 22.7 Å². The molecule has 8 heteroatoms. The number of nitrogens with zero attached hydrogens (tertiary/aromatic N) is 1. The number of halogens is 4. The number of aromatic amines is 1. The first-order chi connectivity index (χ1) is 12.3. The van der Waals surface area contributed by atoms with E-state index in [4.69, 9.17) is 4.74 Å². The van der Waals surface area contributed by atoms with Crippen LogP contribution in [0.3, 0.4) is 0 Å². The zero-order valence-electron chi connectivity index (χ0n) is 13.4. The first-order valence-corrected chi connectivity index (χ1v) is 8.20. The number of carbonyl (C=O) groups is 1. The van der Waals surface area contributed by atoms with Crippen molar-refractivity contribution in [2.24, 2.45) is 0 Å². The van der Waals surface area contributed by atoms with Gasteiger partial charge in [-0.15, -0.1) is 0 Å². The van der Waals surface area contributed by atoms with E-state index in [-0.39, 0.29) is 11.1 Å². The van der Waals surface area contributed by atoms with Gasteiger partial charge in [0.2, 0.25) is 0 Å². The van der Waals surface area contributed by atoms with E-state index in [1.165, 1.54) is 31.5 Å². The van der Waals surface area contributed by atoms with Crippen LogP contribution in [-0.4, -0.2) is 29.0 Å². The predicted octanol–water partition coefficient (Wildman–Crippen LogP) is 5.25. The summed E-state index contributed by atoms with van der Waals surface area (Å²) in [6, 6.07) is 8.00. The molecular weight excluding hydrogens is 413 g/mol. The van der Waals surface area contributed by atoms with Crippen molar-refractivity contribution in [1.82, 2.24) is 9.97 Å². The molecule has 1 N–H and O–H groups in total. The smallest absolute Gasteiger partial charge is 0.454 e. The van der Waals surface area contributed by atoms with Crippen molar-refractivity contribution in [2.75, 3.05) is 7.11 Å². The molecule has 2 aromatic heterocycles. The molecule has 0 bridgehead atoms. The normalized spacial score (nSPS) is 12.0. The Morgan fingerprint density at radius 1 is 1.23 bits per heavy atom. The zero-order valence-corrected chi connectivity index (χ0v) is 15.0. The molecule has 0 aliphatic carbocycles. The number of H-pyrrole nitrogens is 1. The Morgan fingerprint density at radius 3 is 2.62 bits per heavy atom. The summed E-state index contributed by atoms with van der Waals surface area (Å²) in [6.07, 6.45) is -0.555. The highest BCUT2D eigenvalue weighted by molar-refractivity contribution is 9.10. The van der Waals surface area contributed by atoms with Gasteiger partial charge in [-0.3, -0.25) is 9.78 Å². The number of benzene rings is 1. The zero-order chi connectivity index (χ0) is 18.9. The Hall–Kier alpha value is -2.61. The maximum atomic E-state index is 13.0. The topological polar surface area (TPSA) is 55.0 Å². The second kappa shape index (κ2) is 6.95. The van der Waals surface area contributed by atoms with Gasteiger partial charge in [-0.25, -0.2) is 0 Å². The van der Waals surface area contributed by atoms with E-state index < -0.39 is 17.5 Å². The number of hydrogen-bond acceptors (Lipinski definition) is 3. The van der Waals surface area contributed by atoms with Crippen molar-refractivity contribution in [1.29, 1.82) is 0 Å². The number of carbonyl (C=O) groups excluding carboxylic acids is 1. The SMILES string of the molecule is COc1ccc(/C=C/c2[nH]c3cc(Br)ccc3c2C(=O)C(F)(F)F)nc1. The molecule has 0 aliphatic heterocycles. The second-order valence-corrected chi connectivity index (χ2v) is 6.30. The summed E-state index contributed by atoms with van der Waals surface area (Å²) < 4.78 is 44.8. The van der Waals surface area contributed by atoms with E-state index in [1.807, 2.05) is 0 Å². The van der Waals surface area contributed by atoms with Gasteiger partial charge in [0, 0.05) is 15.4 Å². The van der Waals surface area contributed by atoms with Gasteiger partial charge in [0.15, 0.2) is 0 Å². The molecule has 4 nitrogen and oxygen atoms in total. The minimum atomic E-state index is -4.97. The van der Waals surface area contributed by atoms with E-state index in [9.17, 15) is 18.0 Å². The Bertz CT molecular complexity index is 992. The fourth-order valence-electron chi connectivity index (χ4n) is 2.48. The van der Waals surface area contributed by atoms with E-state index in [0.717, 1.165) is 0 Å². The number of hydrogen-bond donors (Lipinski definition) is 1. The molecule has 3 rings (SSSR count). The molecule has 0 aliphatic rings. The molecule has 2 heterocycles. The lowest BCUT2D eigenvalue weighted by atomic mass is 10.1. The van der Waals surface area contributed by atoms with Crippen molar-refractivity contribution in [3.8, 4) is 5.75 Å². The molecule has 0 unspecified atom stereocenters. The van der Waals surface area contributed by atoms with E-state index in [2.05, 4.69) is 25.9 Å². The maximum Gasteiger partial charge on any atom is 0.454 e. The number of methoxy groups -OCH3 is 1. The Morgan fingerprint density at radius 2 is 2.00 bits per heavy atom. The van der Waals surface area contributed by atoms with E-state index >= 15 is 0 Å². The quantitative estimate of drug-likeness (QED) is 0.581. The van der Waals surface area contributed by atoms with Gasteiger partial charge < -0.3 is 9.72 Å². The minimum absolute atomic E-state index is 0.0676. The van der Waals surface area contributed by atoms with Crippen LogP contribution in [0.5, 0.6) is 5.75 Å². The lowest BCUT2D eigenvalue weighted by Gasteiger charge is -2.05. The van der Waals surface area contributed by atoms with Gasteiger partial charge in [0.25, 0.3) is 5.78 Å². The van der Waals surface area contributed by atoms with Crippen LogP contribution in [0.15, 0.2) is 41.0 Å². The highest BCUT2D eigenvalue weighted by atomic mass is 79.9. The van der Waals surface area contributed by atoms with Crippen LogP contribution in [0.2, 0.25) is 0 Å². The van der Waals surface area contributed by atoms with Gasteiger partial charge in [-0.1, -0.05) is 22.0 Å². The highest BCUT2D eigenvalue weighted by Crippen LogP contribution is 2.32. The molecule has 1 aromatic carbocycles. The van der Waals surface area contributed by atoms with Gasteiger partial charge in [-0.2, -0.15) is 13.2 Å². The van der Waals surface area contributed by atoms with Crippen LogP contribution in [0, 0.1) is 0 Å². The van der Waals surface area contributed by atoms with E-state index in [0.29, 0.717) is 21.4 Å². The predicted molar refractivity (Wildman–Crippen MR) is 96.1 cm³/mol. The van der Waals surface area contributed by atoms with Gasteiger partial charge in [-0.05, 0) is 36.4 Å². The van der Waals surface area contributed by atoms with Gasteiger partial charge in [0.05, 0.1) is 30.3 Å². The Balaban J connectivity index is 2.08. The number of alkyl halides is 3. The number of rotatable bonds is 4. The lowest BCUT2D eigenvalue weighted by Crippen LogP contribution is -2.23. The standard InChI is InChI=1S/C18H12BrF3N2O2/c1-26-12-5-3-11(23-9-12)4-7-14-16(17(25)18(20,21)22)13-6-2-10(19)8-15(13)24-14/h2-9,24H,1H3/b7-4+. The summed E-state index contributed by atoms with van der Waals surface area (Å²) in [7, 11) is 1.50. The number of ether oxygens (including phenoxy) is 1. The Kier molecular flexibility index (Phi) is 4.86. The number of aromatic nitrogens is 2.